The number of halogens is 6. The molecule has 0 aromatic heterocycles. The fourth-order valence-corrected chi connectivity index (χ4v) is 3.00. The molecule has 11 heteroatoms. The second-order valence-electron chi connectivity index (χ2n) is 6.18. The predicted molar refractivity (Wildman–Crippen MR) is 93.5 cm³/mol. The average molecular weight is 450 g/mol. The maximum Gasteiger partial charge on any atom is 0.432 e. The highest BCUT2D eigenvalue weighted by Crippen LogP contribution is 2.46. The second-order valence-corrected chi connectivity index (χ2v) is 6.18. The van der Waals surface area contributed by atoms with Crippen LogP contribution in [0.2, 0.25) is 0 Å². The van der Waals surface area contributed by atoms with Crippen LogP contribution in [0.25, 0.3) is 0 Å². The number of alkyl halides is 6. The topological polar surface area (TPSA) is 61.8 Å². The van der Waals surface area contributed by atoms with Gasteiger partial charge in [-0.15, -0.1) is 0 Å². The Balaban J connectivity index is 2.60. The van der Waals surface area contributed by atoms with E-state index in [9.17, 15) is 35.9 Å². The highest BCUT2D eigenvalue weighted by atomic mass is 19.4. The van der Waals surface area contributed by atoms with Crippen LogP contribution in [0.5, 0.6) is 0 Å². The van der Waals surface area contributed by atoms with Crippen LogP contribution in [0.15, 0.2) is 60.7 Å². The number of esters is 2. The number of carbonyl (C=O) groups excluding carboxylic acids is 2. The lowest BCUT2D eigenvalue weighted by molar-refractivity contribution is -0.287. The molecular formula is C20H16F6O5. The normalized spacial score (nSPS) is 16.1. The number of hydrogen-bond acceptors (Lipinski definition) is 5. The van der Waals surface area contributed by atoms with Crippen LogP contribution in [0.4, 0.5) is 26.3 Å². The molecule has 0 fully saturated rings. The largest absolute Gasteiger partial charge is 0.432 e. The summed E-state index contributed by atoms with van der Waals surface area (Å²) >= 11 is 0. The Kier molecular flexibility index (Phi) is 6.81. The third-order valence-corrected chi connectivity index (χ3v) is 4.53. The monoisotopic (exact) mass is 450 g/mol. The Morgan fingerprint density at radius 1 is 0.613 bits per heavy atom. The zero-order valence-corrected chi connectivity index (χ0v) is 16.1. The van der Waals surface area contributed by atoms with E-state index in [-0.39, 0.29) is 0 Å². The van der Waals surface area contributed by atoms with Gasteiger partial charge >= 0.3 is 24.3 Å². The van der Waals surface area contributed by atoms with Gasteiger partial charge in [0, 0.05) is 25.3 Å². The van der Waals surface area contributed by atoms with Crippen molar-refractivity contribution in [3.05, 3.63) is 71.8 Å². The molecule has 0 amide bonds. The first kappa shape index (κ1) is 24.4. The van der Waals surface area contributed by atoms with E-state index in [1.54, 1.807) is 0 Å². The molecule has 31 heavy (non-hydrogen) atoms. The minimum Gasteiger partial charge on any atom is -0.388 e. The van der Waals surface area contributed by atoms with Crippen LogP contribution in [-0.4, -0.2) is 38.5 Å². The smallest absolute Gasteiger partial charge is 0.388 e. The van der Waals surface area contributed by atoms with Gasteiger partial charge in [-0.25, -0.2) is 9.59 Å². The molecule has 0 aliphatic rings. The molecule has 0 saturated heterocycles. The molecule has 0 N–H and O–H groups in total. The Morgan fingerprint density at radius 2 is 0.903 bits per heavy atom. The molecule has 0 saturated carbocycles. The average Bonchev–Trinajstić information content (AvgIpc) is 2.69. The fourth-order valence-electron chi connectivity index (χ4n) is 3.00. The number of rotatable bonds is 6. The molecule has 0 spiro atoms. The molecular weight excluding hydrogens is 434 g/mol. The highest BCUT2D eigenvalue weighted by Gasteiger charge is 2.68. The fraction of sp³-hybridized carbons (Fsp3) is 0.300. The molecule has 2 unspecified atom stereocenters. The van der Waals surface area contributed by atoms with Crippen molar-refractivity contribution in [2.75, 3.05) is 14.2 Å². The van der Waals surface area contributed by atoms with Gasteiger partial charge in [0.25, 0.3) is 11.2 Å². The summed E-state index contributed by atoms with van der Waals surface area (Å²) in [6, 6.07) is 10.7. The Bertz CT molecular complexity index is 838. The number of carbonyl (C=O) groups is 2. The van der Waals surface area contributed by atoms with E-state index in [0.29, 0.717) is 14.2 Å². The van der Waals surface area contributed by atoms with E-state index in [1.807, 2.05) is 0 Å². The highest BCUT2D eigenvalue weighted by molar-refractivity contribution is 5.96. The minimum absolute atomic E-state index is 0.511. The lowest BCUT2D eigenvalue weighted by Crippen LogP contribution is -2.56. The summed E-state index contributed by atoms with van der Waals surface area (Å²) < 4.78 is 96.4. The molecule has 0 bridgehead atoms. The summed E-state index contributed by atoms with van der Waals surface area (Å²) in [6.07, 6.45) is -11.0. The summed E-state index contributed by atoms with van der Waals surface area (Å²) in [5.74, 6) is -4.80. The third-order valence-electron chi connectivity index (χ3n) is 4.53. The van der Waals surface area contributed by atoms with Crippen LogP contribution in [0, 0.1) is 0 Å². The van der Waals surface area contributed by atoms with Gasteiger partial charge in [0.2, 0.25) is 0 Å². The van der Waals surface area contributed by atoms with Gasteiger partial charge in [0.05, 0.1) is 0 Å². The molecule has 5 nitrogen and oxygen atoms in total. The van der Waals surface area contributed by atoms with E-state index >= 15 is 0 Å². The molecule has 2 aromatic rings. The molecule has 2 rings (SSSR count). The van der Waals surface area contributed by atoms with Crippen LogP contribution in [-0.2, 0) is 35.0 Å². The van der Waals surface area contributed by atoms with Crippen LogP contribution >= 0.6 is 0 Å². The Labute approximate surface area is 172 Å². The van der Waals surface area contributed by atoms with Crippen LogP contribution < -0.4 is 0 Å². The summed E-state index contributed by atoms with van der Waals surface area (Å²) in [4.78, 5) is 25.1. The van der Waals surface area contributed by atoms with Gasteiger partial charge in [-0.3, -0.25) is 0 Å². The van der Waals surface area contributed by atoms with Gasteiger partial charge in [-0.05, 0) is 0 Å². The van der Waals surface area contributed by atoms with E-state index in [1.165, 1.54) is 12.1 Å². The lowest BCUT2D eigenvalue weighted by atomic mass is 9.91. The Morgan fingerprint density at radius 3 is 1.13 bits per heavy atom. The SMILES string of the molecule is COC(C(=O)OC(=O)C(OC)(c1ccccc1)C(F)(F)F)(c1ccccc1)C(F)(F)F. The Hall–Kier alpha value is -2.92. The van der Waals surface area contributed by atoms with Crippen molar-refractivity contribution in [2.45, 2.75) is 23.6 Å². The van der Waals surface area contributed by atoms with E-state index in [0.717, 1.165) is 48.5 Å². The number of ether oxygens (including phenoxy) is 3. The maximum absolute atomic E-state index is 13.9. The van der Waals surface area contributed by atoms with Gasteiger partial charge in [-0.1, -0.05) is 60.7 Å². The first-order valence-electron chi connectivity index (χ1n) is 8.50. The number of hydrogen-bond donors (Lipinski definition) is 0. The van der Waals surface area contributed by atoms with E-state index < -0.39 is 46.6 Å². The summed E-state index contributed by atoms with van der Waals surface area (Å²) in [7, 11) is 1.02. The van der Waals surface area contributed by atoms with Gasteiger partial charge in [-0.2, -0.15) is 26.3 Å². The first-order valence-corrected chi connectivity index (χ1v) is 8.50. The molecule has 0 radical (unpaired) electrons. The van der Waals surface area contributed by atoms with Crippen molar-refractivity contribution < 1.29 is 50.1 Å². The quantitative estimate of drug-likeness (QED) is 0.374. The van der Waals surface area contributed by atoms with Gasteiger partial charge in [0.1, 0.15) is 0 Å². The second kappa shape index (κ2) is 8.67. The maximum atomic E-state index is 13.9. The predicted octanol–water partition coefficient (Wildman–Crippen LogP) is 4.26. The number of benzene rings is 2. The standard InChI is InChI=1S/C20H16F6O5/c1-29-17(19(21,22)23,13-9-5-3-6-10-13)15(27)31-16(28)18(30-2,20(24,25)26)14-11-7-4-8-12-14/h3-12H,1-2H3. The van der Waals surface area contributed by atoms with Crippen molar-refractivity contribution >= 4 is 11.9 Å². The molecule has 2 atom stereocenters. The van der Waals surface area contributed by atoms with Crippen molar-refractivity contribution in [3.8, 4) is 0 Å². The first-order chi connectivity index (χ1) is 14.4. The lowest BCUT2D eigenvalue weighted by Gasteiger charge is -2.35. The zero-order chi connectivity index (χ0) is 23.5. The molecule has 0 aliphatic carbocycles. The third kappa shape index (κ3) is 4.02. The van der Waals surface area contributed by atoms with Crippen molar-refractivity contribution in [2.24, 2.45) is 0 Å². The van der Waals surface area contributed by atoms with E-state index in [2.05, 4.69) is 14.2 Å². The van der Waals surface area contributed by atoms with E-state index in [4.69, 9.17) is 0 Å². The summed E-state index contributed by atoms with van der Waals surface area (Å²) in [6.45, 7) is 0. The summed E-state index contributed by atoms with van der Waals surface area (Å²) in [5, 5.41) is 0. The molecule has 0 aliphatic heterocycles. The van der Waals surface area contributed by atoms with Gasteiger partial charge < -0.3 is 14.2 Å². The van der Waals surface area contributed by atoms with Crippen LogP contribution in [0.3, 0.4) is 0 Å². The molecule has 168 valence electrons. The summed E-state index contributed by atoms with van der Waals surface area (Å²) in [5.41, 5.74) is -9.30. The van der Waals surface area contributed by atoms with Gasteiger partial charge in [0.15, 0.2) is 0 Å². The molecule has 2 aromatic carbocycles. The zero-order valence-electron chi connectivity index (χ0n) is 16.1. The molecule has 0 heterocycles. The van der Waals surface area contributed by atoms with Crippen molar-refractivity contribution in [3.63, 3.8) is 0 Å². The minimum atomic E-state index is -5.48. The van der Waals surface area contributed by atoms with Crippen molar-refractivity contribution in [1.82, 2.24) is 0 Å². The van der Waals surface area contributed by atoms with Crippen LogP contribution in [0.1, 0.15) is 11.1 Å². The van der Waals surface area contributed by atoms with Crippen molar-refractivity contribution in [1.29, 1.82) is 0 Å². The number of methoxy groups -OCH3 is 2.